The van der Waals surface area contributed by atoms with Crippen LogP contribution in [0.5, 0.6) is 0 Å². The number of nitrogens with zero attached hydrogens (tertiary/aromatic N) is 2. The molecule has 3 nitrogen and oxygen atoms in total. The van der Waals surface area contributed by atoms with E-state index in [-0.39, 0.29) is 5.37 Å². The fourth-order valence-electron chi connectivity index (χ4n) is 6.93. The Bertz CT molecular complexity index is 2290. The third-order valence-corrected chi connectivity index (χ3v) is 10.6. The maximum Gasteiger partial charge on any atom is 0.160 e. The zero-order valence-corrected chi connectivity index (χ0v) is 26.8. The molecule has 4 heteroatoms. The van der Waals surface area contributed by atoms with E-state index in [0.29, 0.717) is 0 Å². The van der Waals surface area contributed by atoms with Gasteiger partial charge in [0.25, 0.3) is 0 Å². The number of rotatable bonds is 5. The molecule has 3 aliphatic rings. The maximum absolute atomic E-state index is 5.09. The van der Waals surface area contributed by atoms with Gasteiger partial charge in [-0.1, -0.05) is 133 Å². The summed E-state index contributed by atoms with van der Waals surface area (Å²) >= 11 is 1.90. The number of thioether (sulfide) groups is 1. The van der Waals surface area contributed by atoms with E-state index in [0.717, 1.165) is 48.5 Å². The molecule has 0 fully saturated rings. The molecule has 47 heavy (non-hydrogen) atoms. The van der Waals surface area contributed by atoms with Gasteiger partial charge in [-0.15, -0.1) is 0 Å². The Labute approximate surface area is 279 Å². The molecule has 0 spiro atoms. The smallest absolute Gasteiger partial charge is 0.160 e. The second-order valence-electron chi connectivity index (χ2n) is 12.4. The molecule has 5 aromatic carbocycles. The molecule has 0 saturated heterocycles. The van der Waals surface area contributed by atoms with E-state index in [2.05, 4.69) is 145 Å². The lowest BCUT2D eigenvalue weighted by atomic mass is 9.95. The van der Waals surface area contributed by atoms with Gasteiger partial charge in [0.15, 0.2) is 5.82 Å². The van der Waals surface area contributed by atoms with Crippen LogP contribution < -0.4 is 5.32 Å². The summed E-state index contributed by atoms with van der Waals surface area (Å²) in [6, 6.07) is 37.5. The average molecular weight is 624 g/mol. The first-order valence-electron chi connectivity index (χ1n) is 16.5. The minimum absolute atomic E-state index is 0.209. The lowest BCUT2D eigenvalue weighted by molar-refractivity contribution is 1.02. The number of aromatic nitrogens is 2. The van der Waals surface area contributed by atoms with Gasteiger partial charge in [0.1, 0.15) is 5.37 Å². The minimum atomic E-state index is 0.209. The van der Waals surface area contributed by atoms with Gasteiger partial charge < -0.3 is 5.32 Å². The van der Waals surface area contributed by atoms with Crippen molar-refractivity contribution < 1.29 is 0 Å². The minimum Gasteiger partial charge on any atom is -0.368 e. The zero-order valence-electron chi connectivity index (χ0n) is 26.0. The molecule has 1 aromatic heterocycles. The number of benzene rings is 5. The molecule has 1 aliphatic heterocycles. The fourth-order valence-corrected chi connectivity index (χ4v) is 8.08. The highest BCUT2D eigenvalue weighted by Crippen LogP contribution is 2.50. The quantitative estimate of drug-likeness (QED) is 0.194. The van der Waals surface area contributed by atoms with Gasteiger partial charge in [-0.05, 0) is 87.9 Å². The van der Waals surface area contributed by atoms with E-state index in [1.54, 1.807) is 0 Å². The lowest BCUT2D eigenvalue weighted by Crippen LogP contribution is -2.01. The molecule has 226 valence electrons. The first kappa shape index (κ1) is 28.1. The number of nitrogens with one attached hydrogen (secondary N) is 1. The van der Waals surface area contributed by atoms with Crippen molar-refractivity contribution in [2.45, 2.75) is 36.0 Å². The third kappa shape index (κ3) is 5.29. The van der Waals surface area contributed by atoms with Crippen LogP contribution in [0.1, 0.15) is 48.0 Å². The van der Waals surface area contributed by atoms with Gasteiger partial charge in [0.2, 0.25) is 0 Å². The predicted octanol–water partition coefficient (Wildman–Crippen LogP) is 11.8. The number of anilines is 1. The van der Waals surface area contributed by atoms with Crippen molar-refractivity contribution in [3.8, 4) is 22.5 Å². The van der Waals surface area contributed by atoms with Crippen molar-refractivity contribution in [2.75, 3.05) is 5.32 Å². The first-order valence-corrected chi connectivity index (χ1v) is 17.4. The Hall–Kier alpha value is -5.19. The summed E-state index contributed by atoms with van der Waals surface area (Å²) in [5.74, 6) is 0.774. The molecule has 1 atom stereocenters. The number of allylic oxidation sites excluding steroid dienone is 8. The van der Waals surface area contributed by atoms with Crippen LogP contribution in [0.25, 0.3) is 55.2 Å². The summed E-state index contributed by atoms with van der Waals surface area (Å²) < 4.78 is 0. The van der Waals surface area contributed by atoms with E-state index < -0.39 is 0 Å². The van der Waals surface area contributed by atoms with Crippen molar-refractivity contribution in [1.82, 2.24) is 9.97 Å². The van der Waals surface area contributed by atoms with Crippen LogP contribution >= 0.6 is 11.8 Å². The van der Waals surface area contributed by atoms with Gasteiger partial charge in [0, 0.05) is 15.8 Å². The number of fused-ring (bicyclic) bond motifs is 5. The van der Waals surface area contributed by atoms with Crippen LogP contribution in [0.2, 0.25) is 0 Å². The SMILES string of the molecule is C1=CCCC(c2cc(C3=CCCC=C3)nc(-c3ccc(-c4ccc5ccc6ccc7c(c6c5c4)NC(c4ccccc4)S7)cc3)n2)=C1. The Kier molecular flexibility index (Phi) is 7.09. The molecule has 0 radical (unpaired) electrons. The largest absolute Gasteiger partial charge is 0.368 e. The summed E-state index contributed by atoms with van der Waals surface area (Å²) in [7, 11) is 0. The second-order valence-corrected chi connectivity index (χ2v) is 13.6. The van der Waals surface area contributed by atoms with Crippen LogP contribution in [0.15, 0.2) is 144 Å². The van der Waals surface area contributed by atoms with Crippen LogP contribution in [0, 0.1) is 0 Å². The normalized spacial score (nSPS) is 17.0. The van der Waals surface area contributed by atoms with E-state index in [1.807, 2.05) is 11.8 Å². The first-order chi connectivity index (χ1) is 23.3. The van der Waals surface area contributed by atoms with Crippen molar-refractivity contribution >= 4 is 50.1 Å². The number of hydrogen-bond donors (Lipinski definition) is 1. The molecule has 9 rings (SSSR count). The molecular weight excluding hydrogens is 591 g/mol. The monoisotopic (exact) mass is 623 g/mol. The molecule has 1 N–H and O–H groups in total. The highest BCUT2D eigenvalue weighted by molar-refractivity contribution is 8.00. The van der Waals surface area contributed by atoms with Crippen molar-refractivity contribution in [3.63, 3.8) is 0 Å². The van der Waals surface area contributed by atoms with Gasteiger partial charge in [0.05, 0.1) is 17.1 Å². The molecular formula is C43H33N3S. The lowest BCUT2D eigenvalue weighted by Gasteiger charge is -2.14. The van der Waals surface area contributed by atoms with Crippen molar-refractivity contribution in [1.29, 1.82) is 0 Å². The Balaban J connectivity index is 1.09. The summed E-state index contributed by atoms with van der Waals surface area (Å²) in [4.78, 5) is 11.5. The van der Waals surface area contributed by atoms with E-state index in [4.69, 9.17) is 9.97 Å². The molecule has 2 heterocycles. The summed E-state index contributed by atoms with van der Waals surface area (Å²) in [6.07, 6.45) is 17.5. The van der Waals surface area contributed by atoms with Crippen molar-refractivity contribution in [2.24, 2.45) is 0 Å². The van der Waals surface area contributed by atoms with Crippen LogP contribution in [-0.4, -0.2) is 9.97 Å². The van der Waals surface area contributed by atoms with Crippen molar-refractivity contribution in [3.05, 3.63) is 157 Å². The molecule has 0 bridgehead atoms. The second kappa shape index (κ2) is 11.9. The summed E-state index contributed by atoms with van der Waals surface area (Å²) in [5, 5.41) is 9.13. The van der Waals surface area contributed by atoms with Gasteiger partial charge in [-0.3, -0.25) is 0 Å². The van der Waals surface area contributed by atoms with E-state index in [1.165, 1.54) is 60.0 Å². The Morgan fingerprint density at radius 3 is 2.30 bits per heavy atom. The summed E-state index contributed by atoms with van der Waals surface area (Å²) in [5.41, 5.74) is 10.4. The molecule has 0 saturated carbocycles. The maximum atomic E-state index is 5.09. The van der Waals surface area contributed by atoms with Gasteiger partial charge >= 0.3 is 0 Å². The average Bonchev–Trinajstić information content (AvgIpc) is 3.60. The molecule has 6 aromatic rings. The van der Waals surface area contributed by atoms with Crippen LogP contribution in [0.3, 0.4) is 0 Å². The summed E-state index contributed by atoms with van der Waals surface area (Å²) in [6.45, 7) is 0. The number of hydrogen-bond acceptors (Lipinski definition) is 4. The molecule has 2 aliphatic carbocycles. The molecule has 1 unspecified atom stereocenters. The van der Waals surface area contributed by atoms with Crippen LogP contribution in [-0.2, 0) is 0 Å². The zero-order chi connectivity index (χ0) is 31.2. The standard InChI is InChI=1S/C43H33N3S/c1-4-10-30(11-5-1)37-27-38(31-12-6-2-7-13-31)45-42(44-37)33-21-16-28(17-22-33)35-23-19-29-18-20-32-24-25-39-41(40(32)36(29)26-35)46-43(47-39)34-14-8-3-9-15-34/h1,3-4,6,8-10,12-27,43,46H,2,5,7,11H2. The molecule has 0 amide bonds. The van der Waals surface area contributed by atoms with E-state index in [9.17, 15) is 0 Å². The van der Waals surface area contributed by atoms with Gasteiger partial charge in [-0.2, -0.15) is 0 Å². The third-order valence-electron chi connectivity index (χ3n) is 9.42. The predicted molar refractivity (Wildman–Crippen MR) is 199 cm³/mol. The highest BCUT2D eigenvalue weighted by atomic mass is 32.2. The van der Waals surface area contributed by atoms with Crippen LogP contribution in [0.4, 0.5) is 5.69 Å². The topological polar surface area (TPSA) is 37.8 Å². The fraction of sp³-hybridized carbons (Fsp3) is 0.116. The Morgan fingerprint density at radius 1 is 0.681 bits per heavy atom. The van der Waals surface area contributed by atoms with E-state index >= 15 is 0 Å². The van der Waals surface area contributed by atoms with Gasteiger partial charge in [-0.25, -0.2) is 9.97 Å². The Morgan fingerprint density at radius 2 is 1.47 bits per heavy atom. The highest BCUT2D eigenvalue weighted by Gasteiger charge is 2.25.